The van der Waals surface area contributed by atoms with E-state index < -0.39 is 0 Å². The molecule has 76 valence electrons. The summed E-state index contributed by atoms with van der Waals surface area (Å²) in [5, 5.41) is 0.306. The van der Waals surface area contributed by atoms with E-state index in [0.29, 0.717) is 11.2 Å². The first kappa shape index (κ1) is 10.3. The second-order valence-corrected chi connectivity index (χ2v) is 4.42. The molecule has 1 fully saturated rings. The molecule has 1 aliphatic rings. The first-order valence-electron chi connectivity index (χ1n) is 4.53. The Kier molecular flexibility index (Phi) is 3.36. The van der Waals surface area contributed by atoms with Crippen molar-refractivity contribution in [3.05, 3.63) is 21.6 Å². The average Bonchev–Trinajstić information content (AvgIpc) is 2.18. The smallest absolute Gasteiger partial charge is 0.223 e. The predicted octanol–water partition coefficient (Wildman–Crippen LogP) is 2.79. The van der Waals surface area contributed by atoms with E-state index in [1.165, 1.54) is 0 Å². The Balaban J connectivity index is 2.21. The van der Waals surface area contributed by atoms with Crippen LogP contribution < -0.4 is 0 Å². The standard InChI is InChI=1S/C9H10BrClN2O/c10-8-5-7(12-9(11)13-8)6-1-3-14-4-2-6/h5-6H,1-4H2. The van der Waals surface area contributed by atoms with Gasteiger partial charge in [-0.25, -0.2) is 9.97 Å². The third-order valence-corrected chi connectivity index (χ3v) is 2.90. The Bertz CT molecular complexity index is 308. The van der Waals surface area contributed by atoms with E-state index >= 15 is 0 Å². The van der Waals surface area contributed by atoms with Crippen molar-refractivity contribution >= 4 is 27.5 Å². The van der Waals surface area contributed by atoms with E-state index in [1.807, 2.05) is 6.07 Å². The number of aromatic nitrogens is 2. The molecular weight excluding hydrogens is 267 g/mol. The van der Waals surface area contributed by atoms with Gasteiger partial charge in [0, 0.05) is 24.8 Å². The van der Waals surface area contributed by atoms with E-state index in [-0.39, 0.29) is 0 Å². The van der Waals surface area contributed by atoms with E-state index in [4.69, 9.17) is 16.3 Å². The van der Waals surface area contributed by atoms with Gasteiger partial charge in [0.1, 0.15) is 4.60 Å². The van der Waals surface area contributed by atoms with Crippen LogP contribution in [0.5, 0.6) is 0 Å². The van der Waals surface area contributed by atoms with Crippen molar-refractivity contribution in [3.8, 4) is 0 Å². The molecule has 0 aromatic carbocycles. The predicted molar refractivity (Wildman–Crippen MR) is 57.5 cm³/mol. The van der Waals surface area contributed by atoms with E-state index in [1.54, 1.807) is 0 Å². The zero-order valence-electron chi connectivity index (χ0n) is 7.54. The number of hydrogen-bond acceptors (Lipinski definition) is 3. The van der Waals surface area contributed by atoms with Gasteiger partial charge < -0.3 is 4.74 Å². The fraction of sp³-hybridized carbons (Fsp3) is 0.556. The molecule has 0 aliphatic carbocycles. The highest BCUT2D eigenvalue weighted by atomic mass is 79.9. The van der Waals surface area contributed by atoms with Crippen LogP contribution in [0.15, 0.2) is 10.7 Å². The summed E-state index contributed by atoms with van der Waals surface area (Å²) in [6.07, 6.45) is 2.03. The number of nitrogens with zero attached hydrogens (tertiary/aromatic N) is 2. The second kappa shape index (κ2) is 4.55. The molecule has 0 atom stereocenters. The van der Waals surface area contributed by atoms with Crippen LogP contribution in [-0.2, 0) is 4.74 Å². The van der Waals surface area contributed by atoms with Gasteiger partial charge in [0.15, 0.2) is 0 Å². The van der Waals surface area contributed by atoms with Gasteiger partial charge in [-0.2, -0.15) is 0 Å². The Morgan fingerprint density at radius 1 is 1.36 bits per heavy atom. The number of hydrogen-bond donors (Lipinski definition) is 0. The van der Waals surface area contributed by atoms with Crippen molar-refractivity contribution in [2.24, 2.45) is 0 Å². The van der Waals surface area contributed by atoms with Crippen molar-refractivity contribution < 1.29 is 4.74 Å². The molecule has 0 radical (unpaired) electrons. The monoisotopic (exact) mass is 276 g/mol. The van der Waals surface area contributed by atoms with Crippen LogP contribution in [0.1, 0.15) is 24.5 Å². The highest BCUT2D eigenvalue weighted by Gasteiger charge is 2.18. The zero-order chi connectivity index (χ0) is 9.97. The highest BCUT2D eigenvalue weighted by Crippen LogP contribution is 2.27. The molecule has 1 saturated heterocycles. The topological polar surface area (TPSA) is 35.0 Å². The maximum Gasteiger partial charge on any atom is 0.223 e. The summed E-state index contributed by atoms with van der Waals surface area (Å²) < 4.78 is 6.04. The molecule has 1 aromatic heterocycles. The molecule has 2 rings (SSSR count). The van der Waals surface area contributed by atoms with Crippen LogP contribution >= 0.6 is 27.5 Å². The molecule has 14 heavy (non-hydrogen) atoms. The first-order chi connectivity index (χ1) is 6.75. The Hall–Kier alpha value is -0.190. The fourth-order valence-corrected chi connectivity index (χ4v) is 2.30. The maximum atomic E-state index is 5.79. The van der Waals surface area contributed by atoms with Gasteiger partial charge >= 0.3 is 0 Å². The summed E-state index contributed by atoms with van der Waals surface area (Å²) in [7, 11) is 0. The molecule has 1 aliphatic heterocycles. The Labute approximate surface area is 96.0 Å². The van der Waals surface area contributed by atoms with E-state index in [0.717, 1.165) is 36.4 Å². The Morgan fingerprint density at radius 3 is 2.71 bits per heavy atom. The van der Waals surface area contributed by atoms with Crippen molar-refractivity contribution in [1.29, 1.82) is 0 Å². The van der Waals surface area contributed by atoms with Gasteiger partial charge in [-0.05, 0) is 46.4 Å². The van der Waals surface area contributed by atoms with Crippen LogP contribution in [0.4, 0.5) is 0 Å². The SMILES string of the molecule is Clc1nc(Br)cc(C2CCOCC2)n1. The van der Waals surface area contributed by atoms with Crippen molar-refractivity contribution in [2.75, 3.05) is 13.2 Å². The lowest BCUT2D eigenvalue weighted by Crippen LogP contribution is -2.15. The second-order valence-electron chi connectivity index (χ2n) is 3.27. The maximum absolute atomic E-state index is 5.79. The molecule has 3 nitrogen and oxygen atoms in total. The quantitative estimate of drug-likeness (QED) is 0.585. The highest BCUT2D eigenvalue weighted by molar-refractivity contribution is 9.10. The normalized spacial score (nSPS) is 18.4. The summed E-state index contributed by atoms with van der Waals surface area (Å²) in [5.41, 5.74) is 1.01. The summed E-state index contributed by atoms with van der Waals surface area (Å²) in [5.74, 6) is 0.459. The first-order valence-corrected chi connectivity index (χ1v) is 5.70. The number of rotatable bonds is 1. The summed E-state index contributed by atoms with van der Waals surface area (Å²) in [6.45, 7) is 1.62. The molecule has 2 heterocycles. The van der Waals surface area contributed by atoms with Crippen LogP contribution in [-0.4, -0.2) is 23.2 Å². The van der Waals surface area contributed by atoms with Crippen molar-refractivity contribution in [2.45, 2.75) is 18.8 Å². The molecule has 0 N–H and O–H groups in total. The minimum atomic E-state index is 0.306. The van der Waals surface area contributed by atoms with E-state index in [9.17, 15) is 0 Å². The van der Waals surface area contributed by atoms with Crippen LogP contribution in [0.25, 0.3) is 0 Å². The van der Waals surface area contributed by atoms with Crippen LogP contribution in [0.2, 0.25) is 5.28 Å². The molecule has 0 unspecified atom stereocenters. The van der Waals surface area contributed by atoms with Gasteiger partial charge in [0.2, 0.25) is 5.28 Å². The molecule has 0 saturated carbocycles. The van der Waals surface area contributed by atoms with Gasteiger partial charge in [-0.1, -0.05) is 0 Å². The molecular formula is C9H10BrClN2O. The van der Waals surface area contributed by atoms with Crippen LogP contribution in [0.3, 0.4) is 0 Å². The minimum absolute atomic E-state index is 0.306. The largest absolute Gasteiger partial charge is 0.381 e. The third-order valence-electron chi connectivity index (χ3n) is 2.33. The average molecular weight is 278 g/mol. The van der Waals surface area contributed by atoms with Gasteiger partial charge in [-0.3, -0.25) is 0 Å². The van der Waals surface area contributed by atoms with Gasteiger partial charge in [0.25, 0.3) is 0 Å². The van der Waals surface area contributed by atoms with Crippen molar-refractivity contribution in [3.63, 3.8) is 0 Å². The van der Waals surface area contributed by atoms with Crippen molar-refractivity contribution in [1.82, 2.24) is 9.97 Å². The third kappa shape index (κ3) is 2.43. The molecule has 1 aromatic rings. The van der Waals surface area contributed by atoms with Crippen LogP contribution in [0, 0.1) is 0 Å². The lowest BCUT2D eigenvalue weighted by atomic mass is 9.96. The molecule has 0 bridgehead atoms. The molecule has 0 amide bonds. The fourth-order valence-electron chi connectivity index (χ4n) is 1.61. The number of ether oxygens (including phenoxy) is 1. The minimum Gasteiger partial charge on any atom is -0.381 e. The van der Waals surface area contributed by atoms with E-state index in [2.05, 4.69) is 25.9 Å². The zero-order valence-corrected chi connectivity index (χ0v) is 9.88. The lowest BCUT2D eigenvalue weighted by Gasteiger charge is -2.21. The van der Waals surface area contributed by atoms with Gasteiger partial charge in [-0.15, -0.1) is 0 Å². The summed E-state index contributed by atoms with van der Waals surface area (Å²) >= 11 is 9.10. The Morgan fingerprint density at radius 2 is 2.07 bits per heavy atom. The number of halogens is 2. The summed E-state index contributed by atoms with van der Waals surface area (Å²) in [4.78, 5) is 8.20. The molecule has 5 heteroatoms. The lowest BCUT2D eigenvalue weighted by molar-refractivity contribution is 0.0844. The summed E-state index contributed by atoms with van der Waals surface area (Å²) in [6, 6.07) is 1.93. The molecule has 0 spiro atoms. The van der Waals surface area contributed by atoms with Gasteiger partial charge in [0.05, 0.1) is 0 Å².